The van der Waals surface area contributed by atoms with Crippen LogP contribution in [0, 0.1) is 0 Å². The first kappa shape index (κ1) is 22.5. The summed E-state index contributed by atoms with van der Waals surface area (Å²) in [6.07, 6.45) is 1.17. The Hall–Kier alpha value is -3.16. The molecule has 0 bridgehead atoms. The first-order chi connectivity index (χ1) is 14.7. The second-order valence-corrected chi connectivity index (χ2v) is 9.29. The van der Waals surface area contributed by atoms with Gasteiger partial charge in [0.2, 0.25) is 9.84 Å². The Morgan fingerprint density at radius 1 is 1.00 bits per heavy atom. The molecule has 7 heteroatoms. The van der Waals surface area contributed by atoms with Gasteiger partial charge in [-0.3, -0.25) is 0 Å². The van der Waals surface area contributed by atoms with E-state index in [1.165, 1.54) is 18.2 Å². The molecule has 3 rings (SSSR count). The number of carboxylic acid groups (broad SMARTS) is 1. The third kappa shape index (κ3) is 5.13. The van der Waals surface area contributed by atoms with Crippen LogP contribution in [0.4, 0.5) is 0 Å². The van der Waals surface area contributed by atoms with Gasteiger partial charge in [0.05, 0.1) is 15.4 Å². The van der Waals surface area contributed by atoms with Crippen LogP contribution in [-0.4, -0.2) is 25.5 Å². The van der Waals surface area contributed by atoms with Gasteiger partial charge in [-0.1, -0.05) is 25.1 Å². The molecule has 3 N–H and O–H groups in total. The standard InChI is InChI=1S/C24H25NO5S/c1-3-21-22(24(26)27)5-4-6-23(21)30-18-9-13-20(14-10-18)31(28,29)19-11-7-17(8-12-19)15-16(2)25/h4-14,16H,3,15,25H2,1-2H3,(H,26,27)/t16-/m1/s1. The second kappa shape index (κ2) is 9.32. The lowest BCUT2D eigenvalue weighted by atomic mass is 10.0. The molecule has 0 aromatic heterocycles. The van der Waals surface area contributed by atoms with Crippen LogP contribution in [0.25, 0.3) is 0 Å². The van der Waals surface area contributed by atoms with E-state index in [1.54, 1.807) is 48.5 Å². The maximum atomic E-state index is 12.9. The number of benzene rings is 3. The number of hydrogen-bond acceptors (Lipinski definition) is 5. The van der Waals surface area contributed by atoms with E-state index >= 15 is 0 Å². The zero-order valence-electron chi connectivity index (χ0n) is 17.4. The average molecular weight is 440 g/mol. The van der Waals surface area contributed by atoms with Crippen molar-refractivity contribution in [2.75, 3.05) is 0 Å². The van der Waals surface area contributed by atoms with Crippen molar-refractivity contribution in [2.24, 2.45) is 5.73 Å². The van der Waals surface area contributed by atoms with Gasteiger partial charge in [0.25, 0.3) is 0 Å². The highest BCUT2D eigenvalue weighted by molar-refractivity contribution is 7.91. The zero-order valence-corrected chi connectivity index (χ0v) is 18.2. The Morgan fingerprint density at radius 3 is 2.10 bits per heavy atom. The minimum absolute atomic E-state index is 0.000539. The van der Waals surface area contributed by atoms with Gasteiger partial charge in [0, 0.05) is 11.6 Å². The molecule has 3 aromatic rings. The molecule has 0 saturated carbocycles. The van der Waals surface area contributed by atoms with Crippen molar-refractivity contribution in [2.45, 2.75) is 42.5 Å². The molecule has 0 aliphatic carbocycles. The summed E-state index contributed by atoms with van der Waals surface area (Å²) in [4.78, 5) is 11.8. The fraction of sp³-hybridized carbons (Fsp3) is 0.208. The van der Waals surface area contributed by atoms with E-state index < -0.39 is 15.8 Å². The van der Waals surface area contributed by atoms with E-state index in [1.807, 2.05) is 13.8 Å². The second-order valence-electron chi connectivity index (χ2n) is 7.34. The summed E-state index contributed by atoms with van der Waals surface area (Å²) in [5, 5.41) is 9.35. The molecule has 0 aliphatic heterocycles. The van der Waals surface area contributed by atoms with Crippen molar-refractivity contribution in [3.05, 3.63) is 83.4 Å². The van der Waals surface area contributed by atoms with Gasteiger partial charge in [-0.25, -0.2) is 13.2 Å². The molecule has 1 atom stereocenters. The molecule has 0 heterocycles. The number of nitrogens with two attached hydrogens (primary N) is 1. The summed E-state index contributed by atoms with van der Waals surface area (Å²) in [7, 11) is -3.67. The SMILES string of the molecule is CCc1c(Oc2ccc(S(=O)(=O)c3ccc(C[C@@H](C)N)cc3)cc2)cccc1C(=O)O. The Morgan fingerprint density at radius 2 is 1.58 bits per heavy atom. The van der Waals surface area contributed by atoms with E-state index in [2.05, 4.69) is 0 Å². The van der Waals surface area contributed by atoms with Crippen LogP contribution in [0.2, 0.25) is 0 Å². The predicted octanol–water partition coefficient (Wildman–Crippen LogP) is 4.46. The van der Waals surface area contributed by atoms with Crippen LogP contribution >= 0.6 is 0 Å². The Labute approximate surface area is 182 Å². The number of carboxylic acids is 1. The van der Waals surface area contributed by atoms with Gasteiger partial charge in [-0.05, 0) is 73.9 Å². The maximum absolute atomic E-state index is 12.9. The maximum Gasteiger partial charge on any atom is 0.336 e. The summed E-state index contributed by atoms with van der Waals surface area (Å²) in [5.74, 6) is -0.165. The number of hydrogen-bond donors (Lipinski definition) is 2. The van der Waals surface area contributed by atoms with Gasteiger partial charge in [0.1, 0.15) is 11.5 Å². The van der Waals surface area contributed by atoms with Crippen LogP contribution in [0.1, 0.15) is 35.3 Å². The molecule has 0 fully saturated rings. The summed E-state index contributed by atoms with van der Waals surface area (Å²) < 4.78 is 31.7. The molecule has 0 amide bonds. The molecule has 162 valence electrons. The topological polar surface area (TPSA) is 107 Å². The Balaban J connectivity index is 1.83. The number of aromatic carboxylic acids is 1. The summed E-state index contributed by atoms with van der Waals surface area (Å²) in [5.41, 5.74) is 7.54. The molecule has 0 radical (unpaired) electrons. The predicted molar refractivity (Wildman–Crippen MR) is 119 cm³/mol. The molecule has 6 nitrogen and oxygen atoms in total. The summed E-state index contributed by atoms with van der Waals surface area (Å²) in [6, 6.07) is 17.6. The molecule has 0 aliphatic rings. The number of rotatable bonds is 8. The largest absolute Gasteiger partial charge is 0.478 e. The first-order valence-electron chi connectivity index (χ1n) is 9.95. The van der Waals surface area contributed by atoms with Crippen LogP contribution in [0.3, 0.4) is 0 Å². The molecule has 31 heavy (non-hydrogen) atoms. The van der Waals surface area contributed by atoms with E-state index in [-0.39, 0.29) is 21.4 Å². The van der Waals surface area contributed by atoms with Gasteiger partial charge >= 0.3 is 5.97 Å². The van der Waals surface area contributed by atoms with E-state index in [9.17, 15) is 18.3 Å². The van der Waals surface area contributed by atoms with Gasteiger partial charge in [0.15, 0.2) is 0 Å². The molecule has 0 spiro atoms. The minimum atomic E-state index is -3.67. The fourth-order valence-corrected chi connectivity index (χ4v) is 4.61. The average Bonchev–Trinajstić information content (AvgIpc) is 2.74. The lowest BCUT2D eigenvalue weighted by molar-refractivity contribution is 0.0695. The lowest BCUT2D eigenvalue weighted by Crippen LogP contribution is -2.17. The number of ether oxygens (including phenoxy) is 1. The van der Waals surface area contributed by atoms with Crippen molar-refractivity contribution in [3.63, 3.8) is 0 Å². The van der Waals surface area contributed by atoms with Gasteiger partial charge in [-0.2, -0.15) is 0 Å². The highest BCUT2D eigenvalue weighted by Crippen LogP contribution is 2.30. The molecular weight excluding hydrogens is 414 g/mol. The van der Waals surface area contributed by atoms with Crippen LogP contribution in [0.5, 0.6) is 11.5 Å². The monoisotopic (exact) mass is 439 g/mol. The molecule has 3 aromatic carbocycles. The molecule has 0 unspecified atom stereocenters. The van der Waals surface area contributed by atoms with Crippen LogP contribution in [-0.2, 0) is 22.7 Å². The van der Waals surface area contributed by atoms with E-state index in [0.717, 1.165) is 5.56 Å². The summed E-state index contributed by atoms with van der Waals surface area (Å²) in [6.45, 7) is 3.75. The van der Waals surface area contributed by atoms with Crippen LogP contribution in [0.15, 0.2) is 76.5 Å². The van der Waals surface area contributed by atoms with Crippen molar-refractivity contribution >= 4 is 15.8 Å². The third-order valence-corrected chi connectivity index (χ3v) is 6.66. The quantitative estimate of drug-likeness (QED) is 0.537. The van der Waals surface area contributed by atoms with Crippen LogP contribution < -0.4 is 10.5 Å². The first-order valence-corrected chi connectivity index (χ1v) is 11.4. The van der Waals surface area contributed by atoms with Gasteiger partial charge in [-0.15, -0.1) is 0 Å². The Bertz CT molecular complexity index is 1170. The van der Waals surface area contributed by atoms with Crippen molar-refractivity contribution in [1.82, 2.24) is 0 Å². The molecule has 0 saturated heterocycles. The summed E-state index contributed by atoms with van der Waals surface area (Å²) >= 11 is 0. The minimum Gasteiger partial charge on any atom is -0.478 e. The van der Waals surface area contributed by atoms with Gasteiger partial charge < -0.3 is 15.6 Å². The van der Waals surface area contributed by atoms with Crippen molar-refractivity contribution < 1.29 is 23.1 Å². The highest BCUT2D eigenvalue weighted by Gasteiger charge is 2.18. The smallest absolute Gasteiger partial charge is 0.336 e. The number of carbonyl (C=O) groups is 1. The third-order valence-electron chi connectivity index (χ3n) is 4.87. The zero-order chi connectivity index (χ0) is 22.6. The highest BCUT2D eigenvalue weighted by atomic mass is 32.2. The lowest BCUT2D eigenvalue weighted by Gasteiger charge is -2.13. The normalized spacial score (nSPS) is 12.4. The van der Waals surface area contributed by atoms with E-state index in [4.69, 9.17) is 10.5 Å². The van der Waals surface area contributed by atoms with E-state index in [0.29, 0.717) is 29.9 Å². The van der Waals surface area contributed by atoms with Crippen molar-refractivity contribution in [1.29, 1.82) is 0 Å². The number of sulfone groups is 1. The fourth-order valence-electron chi connectivity index (χ4n) is 3.35. The van der Waals surface area contributed by atoms with Crippen molar-refractivity contribution in [3.8, 4) is 11.5 Å². The molecular formula is C24H25NO5S. The Kier molecular flexibility index (Phi) is 6.77.